The summed E-state index contributed by atoms with van der Waals surface area (Å²) in [6.07, 6.45) is 0. The molecule has 1 aromatic carbocycles. The molecule has 1 saturated heterocycles. The average molecular weight is 276 g/mol. The number of rotatable bonds is 2. The number of benzene rings is 1. The number of aliphatic hydroxyl groups is 2. The SMILES string of the molecule is CCN1C(=O)N(CC)[C@@]2(O)c3ccccc3C(=O)[C@@]12O. The zero-order valence-corrected chi connectivity index (χ0v) is 11.3. The van der Waals surface area contributed by atoms with E-state index >= 15 is 0 Å². The van der Waals surface area contributed by atoms with E-state index in [2.05, 4.69) is 0 Å². The summed E-state index contributed by atoms with van der Waals surface area (Å²) in [4.78, 5) is 27.0. The van der Waals surface area contributed by atoms with Crippen LogP contribution in [-0.2, 0) is 5.72 Å². The fraction of sp³-hybridized carbons (Fsp3) is 0.429. The normalized spacial score (nSPS) is 31.8. The number of nitrogens with zero attached hydrogens (tertiary/aromatic N) is 2. The summed E-state index contributed by atoms with van der Waals surface area (Å²) in [7, 11) is 0. The number of hydrogen-bond donors (Lipinski definition) is 2. The molecule has 2 aliphatic rings. The van der Waals surface area contributed by atoms with Crippen molar-refractivity contribution >= 4 is 11.8 Å². The first kappa shape index (κ1) is 13.1. The number of likely N-dealkylation sites (N-methyl/N-ethyl adjacent to an activating group) is 2. The van der Waals surface area contributed by atoms with E-state index in [0.717, 1.165) is 9.80 Å². The van der Waals surface area contributed by atoms with Crippen molar-refractivity contribution in [3.63, 3.8) is 0 Å². The first-order valence-electron chi connectivity index (χ1n) is 6.62. The van der Waals surface area contributed by atoms with Gasteiger partial charge in [-0.05, 0) is 13.8 Å². The van der Waals surface area contributed by atoms with Crippen LogP contribution in [0.2, 0.25) is 0 Å². The van der Waals surface area contributed by atoms with Gasteiger partial charge in [0.1, 0.15) is 0 Å². The molecule has 0 aromatic heterocycles. The maximum Gasteiger partial charge on any atom is 0.325 e. The van der Waals surface area contributed by atoms with Gasteiger partial charge in [-0.15, -0.1) is 0 Å². The summed E-state index contributed by atoms with van der Waals surface area (Å²) >= 11 is 0. The number of urea groups is 1. The molecule has 0 unspecified atom stereocenters. The van der Waals surface area contributed by atoms with E-state index in [4.69, 9.17) is 0 Å². The molecule has 1 heterocycles. The molecule has 1 aromatic rings. The highest BCUT2D eigenvalue weighted by Crippen LogP contribution is 2.52. The van der Waals surface area contributed by atoms with Crippen molar-refractivity contribution in [2.45, 2.75) is 25.3 Å². The molecule has 2 atom stereocenters. The van der Waals surface area contributed by atoms with Crippen LogP contribution >= 0.6 is 0 Å². The quantitative estimate of drug-likeness (QED) is 0.824. The van der Waals surface area contributed by atoms with E-state index in [-0.39, 0.29) is 24.2 Å². The fourth-order valence-corrected chi connectivity index (χ4v) is 3.31. The van der Waals surface area contributed by atoms with Gasteiger partial charge in [-0.25, -0.2) is 4.79 Å². The Labute approximate surface area is 116 Å². The molecule has 3 rings (SSSR count). The number of carbonyl (C=O) groups is 2. The van der Waals surface area contributed by atoms with Crippen LogP contribution in [0.3, 0.4) is 0 Å². The highest BCUT2D eigenvalue weighted by molar-refractivity contribution is 6.11. The molecule has 20 heavy (non-hydrogen) atoms. The molecule has 0 spiro atoms. The Morgan fingerprint density at radius 3 is 2.15 bits per heavy atom. The summed E-state index contributed by atoms with van der Waals surface area (Å²) in [5.74, 6) is -0.637. The summed E-state index contributed by atoms with van der Waals surface area (Å²) in [5.41, 5.74) is -3.75. The largest absolute Gasteiger partial charge is 0.362 e. The van der Waals surface area contributed by atoms with Gasteiger partial charge in [0.05, 0.1) is 0 Å². The number of amides is 2. The molecular weight excluding hydrogens is 260 g/mol. The zero-order chi connectivity index (χ0) is 14.7. The van der Waals surface area contributed by atoms with Gasteiger partial charge in [-0.3, -0.25) is 14.6 Å². The summed E-state index contributed by atoms with van der Waals surface area (Å²) in [6, 6.07) is 5.92. The highest BCUT2D eigenvalue weighted by atomic mass is 16.4. The smallest absolute Gasteiger partial charge is 0.325 e. The molecule has 2 N–H and O–H groups in total. The number of Topliss-reactive ketones (excluding diaryl/α,β-unsaturated/α-hetero) is 1. The van der Waals surface area contributed by atoms with Crippen molar-refractivity contribution < 1.29 is 19.8 Å². The minimum Gasteiger partial charge on any atom is -0.362 e. The van der Waals surface area contributed by atoms with Gasteiger partial charge in [-0.2, -0.15) is 0 Å². The van der Waals surface area contributed by atoms with Crippen LogP contribution in [0.4, 0.5) is 4.79 Å². The Balaban J connectivity index is 2.34. The van der Waals surface area contributed by atoms with Crippen molar-refractivity contribution in [2.24, 2.45) is 0 Å². The minimum atomic E-state index is -2.25. The predicted octanol–water partition coefficient (Wildman–Crippen LogP) is 0.494. The molecule has 0 saturated carbocycles. The summed E-state index contributed by atoms with van der Waals surface area (Å²) in [6.45, 7) is 3.68. The lowest BCUT2D eigenvalue weighted by Gasteiger charge is -2.36. The van der Waals surface area contributed by atoms with Gasteiger partial charge in [0.2, 0.25) is 11.5 Å². The average Bonchev–Trinajstić information content (AvgIpc) is 2.73. The van der Waals surface area contributed by atoms with Crippen molar-refractivity contribution in [1.82, 2.24) is 9.80 Å². The van der Waals surface area contributed by atoms with Crippen LogP contribution in [0, 0.1) is 0 Å². The lowest BCUT2D eigenvalue weighted by Crippen LogP contribution is -2.60. The standard InChI is InChI=1S/C14H16N2O4/c1-3-15-12(18)16(4-2)14(20)11(17)9-7-5-6-8-10(9)13(14,15)19/h5-8,19-20H,3-4H2,1-2H3/t13-,14+/m1/s1. The highest BCUT2D eigenvalue weighted by Gasteiger charge is 2.75. The molecule has 2 amide bonds. The van der Waals surface area contributed by atoms with Crippen LogP contribution in [0.15, 0.2) is 24.3 Å². The van der Waals surface area contributed by atoms with E-state index in [0.29, 0.717) is 0 Å². The summed E-state index contributed by atoms with van der Waals surface area (Å²) in [5, 5.41) is 21.9. The minimum absolute atomic E-state index is 0.133. The monoisotopic (exact) mass is 276 g/mol. The Morgan fingerprint density at radius 1 is 1.00 bits per heavy atom. The molecule has 1 aliphatic heterocycles. The third kappa shape index (κ3) is 1.08. The molecular formula is C14H16N2O4. The Morgan fingerprint density at radius 2 is 1.55 bits per heavy atom. The topological polar surface area (TPSA) is 81.1 Å². The molecule has 0 radical (unpaired) electrons. The predicted molar refractivity (Wildman–Crippen MR) is 69.8 cm³/mol. The number of hydrogen-bond acceptors (Lipinski definition) is 4. The van der Waals surface area contributed by atoms with Crippen molar-refractivity contribution in [1.29, 1.82) is 0 Å². The third-order valence-corrected chi connectivity index (χ3v) is 4.23. The molecule has 0 bridgehead atoms. The Bertz CT molecular complexity index is 617. The number of fused-ring (bicyclic) bond motifs is 3. The lowest BCUT2D eigenvalue weighted by molar-refractivity contribution is -0.199. The van der Waals surface area contributed by atoms with E-state index in [9.17, 15) is 19.8 Å². The van der Waals surface area contributed by atoms with Crippen LogP contribution in [0.5, 0.6) is 0 Å². The van der Waals surface area contributed by atoms with Crippen molar-refractivity contribution in [3.05, 3.63) is 35.4 Å². The maximum atomic E-state index is 12.6. The molecule has 1 fully saturated rings. The summed E-state index contributed by atoms with van der Waals surface area (Å²) < 4.78 is 0. The van der Waals surface area contributed by atoms with Gasteiger partial charge in [0, 0.05) is 24.2 Å². The Hall–Kier alpha value is -1.92. The zero-order valence-electron chi connectivity index (χ0n) is 11.3. The lowest BCUT2D eigenvalue weighted by atomic mass is 9.98. The van der Waals surface area contributed by atoms with Crippen LogP contribution < -0.4 is 0 Å². The van der Waals surface area contributed by atoms with Gasteiger partial charge >= 0.3 is 6.03 Å². The van der Waals surface area contributed by atoms with E-state index < -0.39 is 23.3 Å². The van der Waals surface area contributed by atoms with Crippen LogP contribution in [0.1, 0.15) is 29.8 Å². The van der Waals surface area contributed by atoms with Gasteiger partial charge < -0.3 is 10.2 Å². The molecule has 106 valence electrons. The number of ketones is 1. The first-order chi connectivity index (χ1) is 9.44. The fourth-order valence-electron chi connectivity index (χ4n) is 3.31. The second-order valence-corrected chi connectivity index (χ2v) is 4.99. The van der Waals surface area contributed by atoms with E-state index in [1.54, 1.807) is 38.1 Å². The first-order valence-corrected chi connectivity index (χ1v) is 6.62. The van der Waals surface area contributed by atoms with E-state index in [1.165, 1.54) is 0 Å². The van der Waals surface area contributed by atoms with Crippen LogP contribution in [0.25, 0.3) is 0 Å². The Kier molecular flexibility index (Phi) is 2.49. The maximum absolute atomic E-state index is 12.6. The van der Waals surface area contributed by atoms with Crippen molar-refractivity contribution in [2.75, 3.05) is 13.1 Å². The molecule has 6 nitrogen and oxygen atoms in total. The molecule has 6 heteroatoms. The van der Waals surface area contributed by atoms with Crippen molar-refractivity contribution in [3.8, 4) is 0 Å². The van der Waals surface area contributed by atoms with Gasteiger partial charge in [0.15, 0.2) is 0 Å². The second-order valence-electron chi connectivity index (χ2n) is 4.99. The second kappa shape index (κ2) is 3.80. The van der Waals surface area contributed by atoms with Gasteiger partial charge in [-0.1, -0.05) is 24.3 Å². The molecule has 1 aliphatic carbocycles. The van der Waals surface area contributed by atoms with Gasteiger partial charge in [0.25, 0.3) is 5.72 Å². The third-order valence-electron chi connectivity index (χ3n) is 4.23. The number of carbonyl (C=O) groups excluding carboxylic acids is 2. The van der Waals surface area contributed by atoms with Crippen LogP contribution in [-0.4, -0.2) is 50.6 Å². The van der Waals surface area contributed by atoms with E-state index in [1.807, 2.05) is 0 Å².